The van der Waals surface area contributed by atoms with Gasteiger partial charge in [-0.15, -0.1) is 0 Å². The van der Waals surface area contributed by atoms with Crippen molar-refractivity contribution in [2.75, 3.05) is 6.54 Å². The summed E-state index contributed by atoms with van der Waals surface area (Å²) in [4.78, 5) is 11.5. The number of nitrogens with zero attached hydrogens (tertiary/aromatic N) is 1. The monoisotopic (exact) mass is 268 g/mol. The number of likely N-dealkylation sites (N-methyl/N-ethyl adjacent to an activating group) is 1. The fourth-order valence-corrected chi connectivity index (χ4v) is 1.48. The zero-order valence-electron chi connectivity index (χ0n) is 9.13. The first kappa shape index (κ1) is 13.6. The minimum absolute atomic E-state index is 0.0326. The molecule has 0 unspecified atom stereocenters. The largest absolute Gasteiger partial charge is 0.352 e. The van der Waals surface area contributed by atoms with Gasteiger partial charge in [0.1, 0.15) is 11.6 Å². The smallest absolute Gasteiger partial charge is 0.261 e. The molecule has 0 atom stereocenters. The van der Waals surface area contributed by atoms with E-state index in [4.69, 9.17) is 28.5 Å². The van der Waals surface area contributed by atoms with Gasteiger partial charge in [-0.2, -0.15) is 5.26 Å². The molecule has 0 saturated heterocycles. The third-order valence-corrected chi connectivity index (χ3v) is 2.70. The minimum atomic E-state index is -0.402. The molecule has 0 bridgehead atoms. The molecule has 0 spiro atoms. The summed E-state index contributed by atoms with van der Waals surface area (Å²) in [6, 6.07) is 6.74. The van der Waals surface area contributed by atoms with Crippen LogP contribution in [0.5, 0.6) is 0 Å². The van der Waals surface area contributed by atoms with Crippen LogP contribution in [0.2, 0.25) is 10.0 Å². The van der Waals surface area contributed by atoms with Gasteiger partial charge in [0.25, 0.3) is 5.91 Å². The Kier molecular flexibility index (Phi) is 5.02. The molecule has 1 aromatic carbocycles. The second-order valence-corrected chi connectivity index (χ2v) is 4.02. The van der Waals surface area contributed by atoms with Crippen LogP contribution in [-0.2, 0) is 4.79 Å². The highest BCUT2D eigenvalue weighted by Crippen LogP contribution is 2.23. The lowest BCUT2D eigenvalue weighted by Crippen LogP contribution is -2.23. The number of amides is 1. The van der Waals surface area contributed by atoms with E-state index in [-0.39, 0.29) is 5.57 Å². The van der Waals surface area contributed by atoms with Crippen LogP contribution in [0.25, 0.3) is 6.08 Å². The Labute approximate surface area is 110 Å². The molecule has 0 saturated carbocycles. The second kappa shape index (κ2) is 6.29. The molecule has 1 rings (SSSR count). The van der Waals surface area contributed by atoms with Crippen LogP contribution >= 0.6 is 23.2 Å². The predicted molar refractivity (Wildman–Crippen MR) is 68.7 cm³/mol. The van der Waals surface area contributed by atoms with Gasteiger partial charge in [-0.1, -0.05) is 29.3 Å². The molecular weight excluding hydrogens is 259 g/mol. The van der Waals surface area contributed by atoms with Gasteiger partial charge in [-0.3, -0.25) is 4.79 Å². The second-order valence-electron chi connectivity index (χ2n) is 3.20. The van der Waals surface area contributed by atoms with Gasteiger partial charge < -0.3 is 5.32 Å². The minimum Gasteiger partial charge on any atom is -0.352 e. The molecule has 0 aliphatic heterocycles. The van der Waals surface area contributed by atoms with Crippen molar-refractivity contribution < 1.29 is 4.79 Å². The molecule has 0 radical (unpaired) electrons. The number of halogens is 2. The number of nitrogens with one attached hydrogen (secondary N) is 1. The van der Waals surface area contributed by atoms with Crippen molar-refractivity contribution in [3.63, 3.8) is 0 Å². The number of nitriles is 1. The third-order valence-electron chi connectivity index (χ3n) is 1.96. The molecule has 17 heavy (non-hydrogen) atoms. The number of hydrogen-bond donors (Lipinski definition) is 1. The molecule has 1 aromatic rings. The van der Waals surface area contributed by atoms with E-state index in [1.54, 1.807) is 25.1 Å². The van der Waals surface area contributed by atoms with Crippen molar-refractivity contribution in [2.24, 2.45) is 0 Å². The van der Waals surface area contributed by atoms with Crippen molar-refractivity contribution >= 4 is 35.2 Å². The summed E-state index contributed by atoms with van der Waals surface area (Å²) in [7, 11) is 0. The summed E-state index contributed by atoms with van der Waals surface area (Å²) < 4.78 is 0. The topological polar surface area (TPSA) is 52.9 Å². The number of rotatable bonds is 3. The van der Waals surface area contributed by atoms with Gasteiger partial charge in [0.2, 0.25) is 0 Å². The van der Waals surface area contributed by atoms with Crippen LogP contribution in [0, 0.1) is 11.3 Å². The number of hydrogen-bond acceptors (Lipinski definition) is 2. The fourth-order valence-electron chi connectivity index (χ4n) is 1.17. The Hall–Kier alpha value is -1.50. The van der Waals surface area contributed by atoms with E-state index in [0.717, 1.165) is 0 Å². The Morgan fingerprint density at radius 2 is 2.18 bits per heavy atom. The Balaban J connectivity index is 3.03. The first-order valence-electron chi connectivity index (χ1n) is 4.93. The summed E-state index contributed by atoms with van der Waals surface area (Å²) >= 11 is 11.6. The van der Waals surface area contributed by atoms with Crippen molar-refractivity contribution in [1.82, 2.24) is 5.32 Å². The maximum atomic E-state index is 11.5. The average Bonchev–Trinajstić information content (AvgIpc) is 2.30. The lowest BCUT2D eigenvalue weighted by atomic mass is 10.1. The Morgan fingerprint density at radius 3 is 2.71 bits per heavy atom. The van der Waals surface area contributed by atoms with E-state index < -0.39 is 5.91 Å². The molecular formula is C12H10Cl2N2O. The predicted octanol–water partition coefficient (Wildman–Crippen LogP) is 3.04. The first-order chi connectivity index (χ1) is 8.08. The van der Waals surface area contributed by atoms with Crippen LogP contribution in [0.1, 0.15) is 12.5 Å². The zero-order chi connectivity index (χ0) is 12.8. The molecule has 0 aromatic heterocycles. The summed E-state index contributed by atoms with van der Waals surface area (Å²) in [5.41, 5.74) is 0.687. The molecule has 5 heteroatoms. The van der Waals surface area contributed by atoms with E-state index >= 15 is 0 Å². The molecule has 88 valence electrons. The highest BCUT2D eigenvalue weighted by Gasteiger charge is 2.07. The first-order valence-corrected chi connectivity index (χ1v) is 5.69. The van der Waals surface area contributed by atoms with Gasteiger partial charge in [0.05, 0.1) is 10.0 Å². The molecule has 3 nitrogen and oxygen atoms in total. The standard InChI is InChI=1S/C12H10Cl2N2O/c1-2-16-12(17)9(7-15)5-8-3-4-10(13)11(14)6-8/h3-6H,2H2,1H3,(H,16,17)/b9-5+. The highest BCUT2D eigenvalue weighted by molar-refractivity contribution is 6.42. The zero-order valence-corrected chi connectivity index (χ0v) is 10.6. The molecule has 1 N–H and O–H groups in total. The van der Waals surface area contributed by atoms with Crippen molar-refractivity contribution in [1.29, 1.82) is 5.26 Å². The molecule has 0 fully saturated rings. The normalized spacial score (nSPS) is 10.8. The van der Waals surface area contributed by atoms with Gasteiger partial charge in [0, 0.05) is 6.54 Å². The number of carbonyl (C=O) groups is 1. The SMILES string of the molecule is CCNC(=O)/C(C#N)=C/c1ccc(Cl)c(Cl)c1. The Bertz CT molecular complexity index is 504. The van der Waals surface area contributed by atoms with Gasteiger partial charge >= 0.3 is 0 Å². The van der Waals surface area contributed by atoms with Crippen LogP contribution in [0.15, 0.2) is 23.8 Å². The van der Waals surface area contributed by atoms with E-state index in [1.807, 2.05) is 6.07 Å². The third kappa shape index (κ3) is 3.77. The lowest BCUT2D eigenvalue weighted by molar-refractivity contribution is -0.116. The highest BCUT2D eigenvalue weighted by atomic mass is 35.5. The molecule has 1 amide bonds. The van der Waals surface area contributed by atoms with E-state index in [2.05, 4.69) is 5.32 Å². The van der Waals surface area contributed by atoms with Crippen molar-refractivity contribution in [3.05, 3.63) is 39.4 Å². The van der Waals surface area contributed by atoms with E-state index in [0.29, 0.717) is 22.2 Å². The van der Waals surface area contributed by atoms with E-state index in [1.165, 1.54) is 6.08 Å². The number of benzene rings is 1. The van der Waals surface area contributed by atoms with Gasteiger partial charge in [-0.05, 0) is 30.7 Å². The lowest BCUT2D eigenvalue weighted by Gasteiger charge is -2.01. The molecule has 0 aliphatic carbocycles. The Morgan fingerprint density at radius 1 is 1.47 bits per heavy atom. The average molecular weight is 269 g/mol. The van der Waals surface area contributed by atoms with Crippen LogP contribution in [0.3, 0.4) is 0 Å². The summed E-state index contributed by atoms with van der Waals surface area (Å²) in [5.74, 6) is -0.402. The quantitative estimate of drug-likeness (QED) is 0.677. The fraction of sp³-hybridized carbons (Fsp3) is 0.167. The van der Waals surface area contributed by atoms with Crippen molar-refractivity contribution in [3.8, 4) is 6.07 Å². The molecule has 0 aliphatic rings. The van der Waals surface area contributed by atoms with Crippen LogP contribution < -0.4 is 5.32 Å². The van der Waals surface area contributed by atoms with Crippen LogP contribution in [0.4, 0.5) is 0 Å². The maximum Gasteiger partial charge on any atom is 0.261 e. The summed E-state index contributed by atoms with van der Waals surface area (Å²) in [6.45, 7) is 2.26. The summed E-state index contributed by atoms with van der Waals surface area (Å²) in [6.07, 6.45) is 1.47. The summed E-state index contributed by atoms with van der Waals surface area (Å²) in [5, 5.41) is 12.2. The number of carbonyl (C=O) groups excluding carboxylic acids is 1. The van der Waals surface area contributed by atoms with Gasteiger partial charge in [-0.25, -0.2) is 0 Å². The van der Waals surface area contributed by atoms with Gasteiger partial charge in [0.15, 0.2) is 0 Å². The van der Waals surface area contributed by atoms with E-state index in [9.17, 15) is 4.79 Å². The molecule has 0 heterocycles. The van der Waals surface area contributed by atoms with Crippen LogP contribution in [-0.4, -0.2) is 12.5 Å². The maximum absolute atomic E-state index is 11.5. The van der Waals surface area contributed by atoms with Crippen molar-refractivity contribution in [2.45, 2.75) is 6.92 Å².